The number of nitrogen functional groups attached to an aromatic ring is 1. The fourth-order valence-electron chi connectivity index (χ4n) is 5.75. The van der Waals surface area contributed by atoms with Gasteiger partial charge in [-0.2, -0.15) is 10.1 Å². The summed E-state index contributed by atoms with van der Waals surface area (Å²) in [6, 6.07) is 7.76. The Kier molecular flexibility index (Phi) is 5.59. The number of ether oxygens (including phenoxy) is 4. The first kappa shape index (κ1) is 24.0. The number of nitrogens with two attached hydrogens (primary N) is 1. The largest absolute Gasteiger partial charge is 0.497 e. The van der Waals surface area contributed by atoms with Crippen LogP contribution in [0.4, 0.5) is 5.82 Å². The van der Waals surface area contributed by atoms with Crippen molar-refractivity contribution in [2.24, 2.45) is 7.05 Å². The second-order valence-electron chi connectivity index (χ2n) is 10.0. The number of hydrogen-bond acceptors (Lipinski definition) is 8. The predicted octanol–water partition coefficient (Wildman–Crippen LogP) is 4.33. The number of aromatic nitrogens is 5. The molecule has 1 saturated carbocycles. The van der Waals surface area contributed by atoms with E-state index in [0.717, 1.165) is 34.7 Å². The van der Waals surface area contributed by atoms with Gasteiger partial charge in [0.05, 0.1) is 37.4 Å². The topological polar surface area (TPSA) is 111 Å². The number of anilines is 1. The zero-order valence-corrected chi connectivity index (χ0v) is 22.1. The fourth-order valence-corrected chi connectivity index (χ4v) is 5.92. The molecular formula is C26H29ClN6O4. The summed E-state index contributed by atoms with van der Waals surface area (Å²) in [5.41, 5.74) is 9.69. The Bertz CT molecular complexity index is 1480. The second-order valence-corrected chi connectivity index (χ2v) is 10.4. The fraction of sp³-hybridized carbons (Fsp3) is 0.423. The Balaban J connectivity index is 1.51. The van der Waals surface area contributed by atoms with Crippen molar-refractivity contribution in [3.63, 3.8) is 0 Å². The first-order valence-corrected chi connectivity index (χ1v) is 12.5. The molecule has 194 valence electrons. The van der Waals surface area contributed by atoms with E-state index in [9.17, 15) is 0 Å². The van der Waals surface area contributed by atoms with E-state index in [2.05, 4.69) is 19.6 Å². The van der Waals surface area contributed by atoms with Crippen LogP contribution in [0.1, 0.15) is 37.8 Å². The summed E-state index contributed by atoms with van der Waals surface area (Å²) in [5.74, 6) is 1.04. The highest BCUT2D eigenvalue weighted by Gasteiger charge is 2.55. The number of nitrogens with zero attached hydrogens (tertiary/aromatic N) is 5. The first-order chi connectivity index (χ1) is 17.7. The highest BCUT2D eigenvalue weighted by atomic mass is 35.5. The summed E-state index contributed by atoms with van der Waals surface area (Å²) in [4.78, 5) is 8.83. The normalized spacial score (nSPS) is 24.5. The first-order valence-electron chi connectivity index (χ1n) is 12.1. The number of halogens is 1. The summed E-state index contributed by atoms with van der Waals surface area (Å²) < 4.78 is 27.9. The molecule has 6 rings (SSSR count). The monoisotopic (exact) mass is 524 g/mol. The smallest absolute Gasteiger partial charge is 0.226 e. The van der Waals surface area contributed by atoms with Gasteiger partial charge in [0.25, 0.3) is 0 Å². The highest BCUT2D eigenvalue weighted by Crippen LogP contribution is 2.53. The van der Waals surface area contributed by atoms with Crippen molar-refractivity contribution in [1.82, 2.24) is 24.3 Å². The van der Waals surface area contributed by atoms with Gasteiger partial charge in [-0.05, 0) is 55.6 Å². The number of hydrogen-bond donors (Lipinski definition) is 1. The Morgan fingerprint density at radius 1 is 1.08 bits per heavy atom. The van der Waals surface area contributed by atoms with Crippen LogP contribution in [-0.2, 0) is 16.5 Å². The summed E-state index contributed by atoms with van der Waals surface area (Å²) in [7, 11) is 5.17. The third-order valence-electron chi connectivity index (χ3n) is 7.26. The number of rotatable bonds is 5. The molecule has 0 spiro atoms. The third kappa shape index (κ3) is 4.00. The maximum absolute atomic E-state index is 6.50. The second kappa shape index (κ2) is 8.61. The SMILES string of the molecule is COc1cc(OC)cc([C@H]2C[C@@H](n3cc(-c4ccn(C)n4)c4c(N)nc(Cl)nc43)[C@@H]3OC(C)(C)O[C@@H]32)c1. The van der Waals surface area contributed by atoms with E-state index in [4.69, 9.17) is 36.3 Å². The molecule has 2 aliphatic rings. The van der Waals surface area contributed by atoms with Crippen LogP contribution in [0.3, 0.4) is 0 Å². The predicted molar refractivity (Wildman–Crippen MR) is 139 cm³/mol. The van der Waals surface area contributed by atoms with Gasteiger partial charge >= 0.3 is 0 Å². The molecule has 1 aliphatic carbocycles. The van der Waals surface area contributed by atoms with Gasteiger partial charge in [0.2, 0.25) is 5.28 Å². The standard InChI is InChI=1S/C26H29ClN6O4/c1-26(2)36-21-16(13-8-14(34-4)10-15(9-13)35-5)11-19(22(21)37-26)33-12-17(18-6-7-32(3)31-18)20-23(28)29-25(27)30-24(20)33/h6-10,12,16,19,21-22H,11H2,1-5H3,(H2,28,29,30)/t16-,19-,21-,22+/m1/s1. The molecule has 10 nitrogen and oxygen atoms in total. The molecule has 0 unspecified atom stereocenters. The molecule has 3 aromatic heterocycles. The minimum absolute atomic E-state index is 0.0196. The molecule has 0 radical (unpaired) electrons. The molecule has 11 heteroatoms. The van der Waals surface area contributed by atoms with Gasteiger partial charge in [-0.3, -0.25) is 4.68 Å². The lowest BCUT2D eigenvalue weighted by atomic mass is 9.94. The third-order valence-corrected chi connectivity index (χ3v) is 7.43. The maximum atomic E-state index is 6.50. The summed E-state index contributed by atoms with van der Waals surface area (Å²) in [6.45, 7) is 3.88. The van der Waals surface area contributed by atoms with Crippen LogP contribution in [0.25, 0.3) is 22.3 Å². The molecule has 1 aliphatic heterocycles. The Labute approximate surface area is 219 Å². The van der Waals surface area contributed by atoms with Gasteiger partial charge in [-0.1, -0.05) is 0 Å². The molecule has 2 fully saturated rings. The van der Waals surface area contributed by atoms with Crippen molar-refractivity contribution in [3.8, 4) is 22.8 Å². The van der Waals surface area contributed by atoms with E-state index in [-0.39, 0.29) is 29.5 Å². The van der Waals surface area contributed by atoms with Gasteiger partial charge < -0.3 is 29.2 Å². The minimum Gasteiger partial charge on any atom is -0.497 e. The van der Waals surface area contributed by atoms with E-state index >= 15 is 0 Å². The van der Waals surface area contributed by atoms with E-state index in [1.165, 1.54) is 0 Å². The number of aryl methyl sites for hydroxylation is 1. The van der Waals surface area contributed by atoms with Crippen molar-refractivity contribution in [2.45, 2.75) is 50.2 Å². The average molecular weight is 525 g/mol. The van der Waals surface area contributed by atoms with Crippen LogP contribution in [-0.4, -0.2) is 56.5 Å². The molecule has 4 atom stereocenters. The zero-order valence-electron chi connectivity index (χ0n) is 21.3. The van der Waals surface area contributed by atoms with Crippen molar-refractivity contribution >= 4 is 28.5 Å². The lowest BCUT2D eigenvalue weighted by Crippen LogP contribution is -2.27. The minimum atomic E-state index is -0.742. The van der Waals surface area contributed by atoms with E-state index in [1.807, 2.05) is 57.6 Å². The molecule has 2 N–H and O–H groups in total. The van der Waals surface area contributed by atoms with Crippen molar-refractivity contribution in [2.75, 3.05) is 20.0 Å². The van der Waals surface area contributed by atoms with Gasteiger partial charge in [-0.15, -0.1) is 0 Å². The van der Waals surface area contributed by atoms with E-state index in [0.29, 0.717) is 16.9 Å². The Morgan fingerprint density at radius 3 is 2.43 bits per heavy atom. The van der Waals surface area contributed by atoms with Crippen LogP contribution in [0, 0.1) is 0 Å². The average Bonchev–Trinajstić information content (AvgIpc) is 3.60. The summed E-state index contributed by atoms with van der Waals surface area (Å²) in [6.07, 6.45) is 4.22. The van der Waals surface area contributed by atoms with E-state index < -0.39 is 5.79 Å². The lowest BCUT2D eigenvalue weighted by molar-refractivity contribution is -0.157. The van der Waals surface area contributed by atoms with Crippen LogP contribution in [0.2, 0.25) is 5.28 Å². The number of benzene rings is 1. The molecule has 0 bridgehead atoms. The van der Waals surface area contributed by atoms with Gasteiger partial charge in [0.1, 0.15) is 29.1 Å². The van der Waals surface area contributed by atoms with Crippen molar-refractivity contribution in [3.05, 3.63) is 47.5 Å². The summed E-state index contributed by atoms with van der Waals surface area (Å²) in [5, 5.41) is 5.40. The lowest BCUT2D eigenvalue weighted by Gasteiger charge is -2.25. The molecule has 1 saturated heterocycles. The van der Waals surface area contributed by atoms with Crippen LogP contribution in [0.5, 0.6) is 11.5 Å². The number of methoxy groups -OCH3 is 2. The molecule has 4 heterocycles. The maximum Gasteiger partial charge on any atom is 0.226 e. The zero-order chi connectivity index (χ0) is 26.1. The van der Waals surface area contributed by atoms with E-state index in [1.54, 1.807) is 18.9 Å². The summed E-state index contributed by atoms with van der Waals surface area (Å²) >= 11 is 6.29. The Morgan fingerprint density at radius 2 is 1.78 bits per heavy atom. The molecule has 37 heavy (non-hydrogen) atoms. The van der Waals surface area contributed by atoms with Crippen molar-refractivity contribution < 1.29 is 18.9 Å². The molecular weight excluding hydrogens is 496 g/mol. The molecule has 0 amide bonds. The Hall–Kier alpha value is -3.34. The van der Waals surface area contributed by atoms with Gasteiger partial charge in [-0.25, -0.2) is 4.98 Å². The molecule has 1 aromatic carbocycles. The molecule has 4 aromatic rings. The van der Waals surface area contributed by atoms with Crippen LogP contribution in [0.15, 0.2) is 36.7 Å². The quantitative estimate of drug-likeness (QED) is 0.384. The van der Waals surface area contributed by atoms with Crippen molar-refractivity contribution in [1.29, 1.82) is 0 Å². The number of fused-ring (bicyclic) bond motifs is 2. The van der Waals surface area contributed by atoms with Gasteiger partial charge in [0, 0.05) is 37.0 Å². The highest BCUT2D eigenvalue weighted by molar-refractivity contribution is 6.29. The van der Waals surface area contributed by atoms with Gasteiger partial charge in [0.15, 0.2) is 5.79 Å². The van der Waals surface area contributed by atoms with Crippen LogP contribution < -0.4 is 15.2 Å². The van der Waals surface area contributed by atoms with Crippen LogP contribution >= 0.6 is 11.6 Å².